The van der Waals surface area contributed by atoms with Gasteiger partial charge in [-0.1, -0.05) is 0 Å². The Balaban J connectivity index is 3.12. The van der Waals surface area contributed by atoms with Crippen molar-refractivity contribution in [1.82, 2.24) is 4.98 Å². The van der Waals surface area contributed by atoms with E-state index in [0.717, 1.165) is 15.6 Å². The molecule has 0 bridgehead atoms. The van der Waals surface area contributed by atoms with Crippen LogP contribution in [0.5, 0.6) is 0 Å². The molecule has 1 unspecified atom stereocenters. The van der Waals surface area contributed by atoms with Crippen LogP contribution >= 0.6 is 15.9 Å². The molecule has 0 amide bonds. The van der Waals surface area contributed by atoms with Crippen LogP contribution < -0.4 is 5.73 Å². The highest BCUT2D eigenvalue weighted by Crippen LogP contribution is 2.23. The molecule has 0 aliphatic heterocycles. The third kappa shape index (κ3) is 1.83. The van der Waals surface area contributed by atoms with Gasteiger partial charge in [0, 0.05) is 16.9 Å². The third-order valence-corrected chi connectivity index (χ3v) is 2.34. The molecule has 1 atom stereocenters. The molecule has 1 rings (SSSR count). The summed E-state index contributed by atoms with van der Waals surface area (Å²) in [5, 5.41) is 8.87. The van der Waals surface area contributed by atoms with Gasteiger partial charge in [0.1, 0.15) is 0 Å². The molecule has 0 aliphatic rings. The van der Waals surface area contributed by atoms with Crippen molar-refractivity contribution >= 4 is 15.9 Å². The number of aliphatic hydroxyl groups is 1. The number of aryl methyl sites for hydroxylation is 1. The number of nitrogens with zero attached hydrogens (tertiary/aromatic N) is 1. The summed E-state index contributed by atoms with van der Waals surface area (Å²) in [7, 11) is 0. The minimum Gasteiger partial charge on any atom is -0.394 e. The molecule has 0 aromatic carbocycles. The van der Waals surface area contributed by atoms with E-state index >= 15 is 0 Å². The van der Waals surface area contributed by atoms with Gasteiger partial charge in [0.2, 0.25) is 0 Å². The number of aliphatic hydroxyl groups excluding tert-OH is 1. The molecular formula is C8H11BrN2O. The molecule has 3 N–H and O–H groups in total. The lowest BCUT2D eigenvalue weighted by Gasteiger charge is -2.12. The lowest BCUT2D eigenvalue weighted by molar-refractivity contribution is 0.267. The van der Waals surface area contributed by atoms with Crippen molar-refractivity contribution in [1.29, 1.82) is 0 Å². The second-order valence-electron chi connectivity index (χ2n) is 2.64. The van der Waals surface area contributed by atoms with E-state index in [2.05, 4.69) is 20.9 Å². The summed E-state index contributed by atoms with van der Waals surface area (Å²) in [6.45, 7) is 1.87. The van der Waals surface area contributed by atoms with E-state index < -0.39 is 0 Å². The van der Waals surface area contributed by atoms with Crippen LogP contribution in [0.15, 0.2) is 16.9 Å². The van der Waals surface area contributed by atoms with E-state index in [0.29, 0.717) is 0 Å². The van der Waals surface area contributed by atoms with Gasteiger partial charge in [-0.3, -0.25) is 4.98 Å². The molecule has 0 fully saturated rings. The molecule has 0 aliphatic carbocycles. The lowest BCUT2D eigenvalue weighted by atomic mass is 10.1. The van der Waals surface area contributed by atoms with Gasteiger partial charge in [0.25, 0.3) is 0 Å². The van der Waals surface area contributed by atoms with Gasteiger partial charge in [-0.15, -0.1) is 0 Å². The lowest BCUT2D eigenvalue weighted by Crippen LogP contribution is -2.16. The maximum absolute atomic E-state index is 8.87. The topological polar surface area (TPSA) is 59.1 Å². The Morgan fingerprint density at radius 1 is 1.67 bits per heavy atom. The Morgan fingerprint density at radius 3 is 2.83 bits per heavy atom. The highest BCUT2D eigenvalue weighted by Gasteiger charge is 2.11. The summed E-state index contributed by atoms with van der Waals surface area (Å²) in [6, 6.07) is -0.331. The number of nitrogens with two attached hydrogens (primary N) is 1. The van der Waals surface area contributed by atoms with Crippen molar-refractivity contribution in [3.8, 4) is 0 Å². The van der Waals surface area contributed by atoms with E-state index in [9.17, 15) is 0 Å². The minimum atomic E-state index is -0.331. The second kappa shape index (κ2) is 3.98. The second-order valence-corrected chi connectivity index (χ2v) is 3.50. The zero-order chi connectivity index (χ0) is 9.14. The molecule has 66 valence electrons. The van der Waals surface area contributed by atoms with Crippen molar-refractivity contribution in [2.75, 3.05) is 6.61 Å². The van der Waals surface area contributed by atoms with Crippen molar-refractivity contribution in [3.05, 3.63) is 28.0 Å². The number of halogens is 1. The summed E-state index contributed by atoms with van der Waals surface area (Å²) in [4.78, 5) is 3.98. The smallest absolute Gasteiger partial charge is 0.0624 e. The average molecular weight is 231 g/mol. The normalized spacial score (nSPS) is 13.0. The van der Waals surface area contributed by atoms with Crippen molar-refractivity contribution < 1.29 is 5.11 Å². The van der Waals surface area contributed by atoms with Crippen LogP contribution in [0.1, 0.15) is 17.2 Å². The van der Waals surface area contributed by atoms with E-state index in [4.69, 9.17) is 10.8 Å². The predicted molar refractivity (Wildman–Crippen MR) is 50.7 cm³/mol. The minimum absolute atomic E-state index is 0.0521. The summed E-state index contributed by atoms with van der Waals surface area (Å²) >= 11 is 3.33. The number of rotatable bonds is 2. The Bertz CT molecular complexity index is 258. The number of hydrogen-bond donors (Lipinski definition) is 2. The first-order chi connectivity index (χ1) is 5.66. The summed E-state index contributed by atoms with van der Waals surface area (Å²) < 4.78 is 0.851. The molecule has 4 heteroatoms. The highest BCUT2D eigenvalue weighted by atomic mass is 79.9. The summed E-state index contributed by atoms with van der Waals surface area (Å²) in [5.74, 6) is 0. The molecule has 12 heavy (non-hydrogen) atoms. The highest BCUT2D eigenvalue weighted by molar-refractivity contribution is 9.10. The van der Waals surface area contributed by atoms with Gasteiger partial charge in [0.15, 0.2) is 0 Å². The fourth-order valence-corrected chi connectivity index (χ4v) is 1.83. The maximum atomic E-state index is 8.87. The molecule has 3 nitrogen and oxygen atoms in total. The van der Waals surface area contributed by atoms with Gasteiger partial charge >= 0.3 is 0 Å². The average Bonchev–Trinajstić information content (AvgIpc) is 2.03. The number of pyridine rings is 1. The van der Waals surface area contributed by atoms with Crippen LogP contribution in [-0.2, 0) is 0 Å². The fourth-order valence-electron chi connectivity index (χ4n) is 1.10. The van der Waals surface area contributed by atoms with E-state index in [1.165, 1.54) is 0 Å². The number of aromatic nitrogens is 1. The summed E-state index contributed by atoms with van der Waals surface area (Å²) in [6.07, 6.45) is 3.41. The van der Waals surface area contributed by atoms with Crippen molar-refractivity contribution in [3.63, 3.8) is 0 Å². The van der Waals surface area contributed by atoms with Crippen molar-refractivity contribution in [2.45, 2.75) is 13.0 Å². The Labute approximate surface area is 79.7 Å². The van der Waals surface area contributed by atoms with Crippen molar-refractivity contribution in [2.24, 2.45) is 5.73 Å². The standard InChI is InChI=1S/C8H11BrN2O/c1-5-2-11-3-6(9)8(5)7(10)4-12/h2-3,7,12H,4,10H2,1H3. The van der Waals surface area contributed by atoms with Gasteiger partial charge < -0.3 is 10.8 Å². The molecule has 1 aromatic heterocycles. The van der Waals surface area contributed by atoms with Crippen LogP contribution in [0.25, 0.3) is 0 Å². The Hall–Kier alpha value is -0.450. The third-order valence-electron chi connectivity index (χ3n) is 1.71. The van der Waals surface area contributed by atoms with Crippen LogP contribution in [-0.4, -0.2) is 16.7 Å². The number of hydrogen-bond acceptors (Lipinski definition) is 3. The van der Waals surface area contributed by atoms with E-state index in [1.807, 2.05) is 6.92 Å². The van der Waals surface area contributed by atoms with Gasteiger partial charge in [-0.2, -0.15) is 0 Å². The molecule has 1 aromatic rings. The Morgan fingerprint density at radius 2 is 2.33 bits per heavy atom. The fraction of sp³-hybridized carbons (Fsp3) is 0.375. The molecule has 0 saturated heterocycles. The van der Waals surface area contributed by atoms with Gasteiger partial charge in [-0.25, -0.2) is 0 Å². The zero-order valence-electron chi connectivity index (χ0n) is 6.79. The largest absolute Gasteiger partial charge is 0.394 e. The first kappa shape index (κ1) is 9.64. The first-order valence-corrected chi connectivity index (χ1v) is 4.42. The van der Waals surface area contributed by atoms with Crippen LogP contribution in [0.3, 0.4) is 0 Å². The zero-order valence-corrected chi connectivity index (χ0v) is 8.37. The van der Waals surface area contributed by atoms with E-state index in [-0.39, 0.29) is 12.6 Å². The van der Waals surface area contributed by atoms with E-state index in [1.54, 1.807) is 12.4 Å². The molecule has 0 spiro atoms. The summed E-state index contributed by atoms with van der Waals surface area (Å²) in [5.41, 5.74) is 7.60. The molecular weight excluding hydrogens is 220 g/mol. The quantitative estimate of drug-likeness (QED) is 0.802. The Kier molecular flexibility index (Phi) is 3.20. The monoisotopic (exact) mass is 230 g/mol. The van der Waals surface area contributed by atoms with Crippen LogP contribution in [0, 0.1) is 6.92 Å². The first-order valence-electron chi connectivity index (χ1n) is 3.63. The van der Waals surface area contributed by atoms with Crippen LogP contribution in [0.2, 0.25) is 0 Å². The van der Waals surface area contributed by atoms with Crippen LogP contribution in [0.4, 0.5) is 0 Å². The van der Waals surface area contributed by atoms with Gasteiger partial charge in [-0.05, 0) is 34.0 Å². The maximum Gasteiger partial charge on any atom is 0.0624 e. The molecule has 1 heterocycles. The predicted octanol–water partition coefficient (Wildman–Crippen LogP) is 1.14. The molecule has 0 radical (unpaired) electrons. The van der Waals surface area contributed by atoms with Gasteiger partial charge in [0.05, 0.1) is 12.6 Å². The molecule has 0 saturated carbocycles. The SMILES string of the molecule is Cc1cncc(Br)c1C(N)CO.